The first-order valence-corrected chi connectivity index (χ1v) is 17.5. The minimum atomic E-state index is -0.862. The lowest BCUT2D eigenvalue weighted by Gasteiger charge is -2.41. The number of alkyl halides is 1. The first-order chi connectivity index (χ1) is 23.4. The van der Waals surface area contributed by atoms with E-state index in [1.807, 2.05) is 6.20 Å². The smallest absolute Gasteiger partial charge is 0.319 e. The number of amides is 1. The Balaban J connectivity index is 1.16. The molecule has 0 N–H and O–H groups in total. The Labute approximate surface area is 279 Å². The number of nitrogens with zero attached hydrogens (tertiary/aromatic N) is 7. The third-order valence-corrected chi connectivity index (χ3v) is 11.5. The number of anilines is 1. The van der Waals surface area contributed by atoms with Gasteiger partial charge in [-0.05, 0) is 74.1 Å². The van der Waals surface area contributed by atoms with Crippen molar-refractivity contribution in [1.29, 1.82) is 5.26 Å². The highest BCUT2D eigenvalue weighted by Crippen LogP contribution is 2.58. The molecule has 5 heterocycles. The Kier molecular flexibility index (Phi) is 7.08. The number of carbonyl (C=O) groups is 1. The quantitative estimate of drug-likeness (QED) is 0.297. The van der Waals surface area contributed by atoms with Crippen molar-refractivity contribution in [2.45, 2.75) is 81.1 Å². The maximum Gasteiger partial charge on any atom is 0.319 e. The van der Waals surface area contributed by atoms with E-state index >= 15 is 0 Å². The first kappa shape index (κ1) is 29.8. The van der Waals surface area contributed by atoms with Crippen LogP contribution < -0.4 is 14.4 Å². The molecule has 9 rings (SSSR count). The zero-order valence-electron chi connectivity index (χ0n) is 27.1. The second-order valence-corrected chi connectivity index (χ2v) is 14.6. The Bertz CT molecular complexity index is 1860. The van der Waals surface area contributed by atoms with Gasteiger partial charge in [-0.15, -0.1) is 0 Å². The van der Waals surface area contributed by atoms with Crippen molar-refractivity contribution in [1.82, 2.24) is 24.8 Å². The predicted octanol–water partition coefficient (Wildman–Crippen LogP) is 4.96. The lowest BCUT2D eigenvalue weighted by molar-refractivity contribution is -0.128. The molecular formula is C37H40FN7O3. The van der Waals surface area contributed by atoms with Gasteiger partial charge < -0.3 is 19.3 Å². The van der Waals surface area contributed by atoms with Crippen molar-refractivity contribution < 1.29 is 18.7 Å². The van der Waals surface area contributed by atoms with Crippen molar-refractivity contribution in [3.63, 3.8) is 0 Å². The number of fused-ring (bicyclic) bond motifs is 5. The summed E-state index contributed by atoms with van der Waals surface area (Å²) in [6, 6.07) is 8.69. The van der Waals surface area contributed by atoms with E-state index < -0.39 is 6.17 Å². The maximum atomic E-state index is 14.6. The minimum absolute atomic E-state index is 0.100. The molecule has 6 aliphatic rings. The van der Waals surface area contributed by atoms with Gasteiger partial charge in [0.25, 0.3) is 0 Å². The second-order valence-electron chi connectivity index (χ2n) is 14.6. The number of hydrogen-bond donors (Lipinski definition) is 0. The van der Waals surface area contributed by atoms with Crippen molar-refractivity contribution in [2.75, 3.05) is 44.2 Å². The van der Waals surface area contributed by atoms with Crippen molar-refractivity contribution in [3.05, 3.63) is 48.2 Å². The number of hydrogen-bond acceptors (Lipinski definition) is 9. The largest absolute Gasteiger partial charge is 0.486 e. The maximum absolute atomic E-state index is 14.6. The van der Waals surface area contributed by atoms with Gasteiger partial charge in [-0.1, -0.05) is 24.8 Å². The van der Waals surface area contributed by atoms with Gasteiger partial charge in [0.15, 0.2) is 5.75 Å². The normalized spacial score (nSPS) is 28.9. The van der Waals surface area contributed by atoms with Crippen LogP contribution in [0.4, 0.5) is 10.2 Å². The van der Waals surface area contributed by atoms with E-state index in [1.165, 1.54) is 23.6 Å². The number of benzene rings is 1. The Morgan fingerprint density at radius 2 is 2.10 bits per heavy atom. The van der Waals surface area contributed by atoms with Crippen LogP contribution in [0.15, 0.2) is 37.1 Å². The van der Waals surface area contributed by atoms with Gasteiger partial charge in [-0.3, -0.25) is 14.7 Å². The molecule has 11 heteroatoms. The molecule has 248 valence electrons. The highest BCUT2D eigenvalue weighted by molar-refractivity contribution is 5.97. The molecule has 3 aliphatic heterocycles. The van der Waals surface area contributed by atoms with Gasteiger partial charge >= 0.3 is 6.01 Å². The SMILES string of the molecule is C=CC(=O)N1CCN(c2nc(OC[C@@]34CCCN3C[C@H](F)C4)nc3c(OC4CC4)c(-c4cccc5c4C[C@H]4C[C@@H]54)ncc23)C[C@@H]1CC#N. The molecule has 10 nitrogen and oxygen atoms in total. The van der Waals surface area contributed by atoms with Crippen LogP contribution in [0.1, 0.15) is 62.0 Å². The molecule has 48 heavy (non-hydrogen) atoms. The number of halogens is 1. The molecule has 0 unspecified atom stereocenters. The van der Waals surface area contributed by atoms with Crippen molar-refractivity contribution >= 4 is 22.6 Å². The third-order valence-electron chi connectivity index (χ3n) is 11.5. The van der Waals surface area contributed by atoms with E-state index in [1.54, 1.807) is 4.90 Å². The average molecular weight is 650 g/mol. The standard InChI is InChI=1S/C37H40FN7O3/c1-2-31(46)45-14-13-43(20-24(45)9-11-39)35-30-18-40-32(27-6-3-5-26-28-15-22(28)16-29(26)27)34(48-25-7-8-25)33(30)41-36(42-35)47-21-37-10-4-12-44(37)19-23(38)17-37/h2-3,5-6,18,22-25,28H,1,4,7-10,12-17,19-21H2/t22-,23-,24+,28-,37+/m1/s1. The molecule has 5 fully saturated rings. The summed E-state index contributed by atoms with van der Waals surface area (Å²) in [5.41, 5.74) is 4.98. The fourth-order valence-corrected chi connectivity index (χ4v) is 8.89. The summed E-state index contributed by atoms with van der Waals surface area (Å²) < 4.78 is 27.8. The molecule has 1 amide bonds. The summed E-state index contributed by atoms with van der Waals surface area (Å²) in [6.07, 6.45) is 9.22. The molecule has 2 saturated carbocycles. The van der Waals surface area contributed by atoms with E-state index in [0.717, 1.165) is 61.2 Å². The molecule has 0 spiro atoms. The fraction of sp³-hybridized carbons (Fsp3) is 0.541. The number of rotatable bonds is 9. The van der Waals surface area contributed by atoms with Crippen LogP contribution in [-0.2, 0) is 11.2 Å². The zero-order chi connectivity index (χ0) is 32.6. The zero-order valence-corrected chi connectivity index (χ0v) is 27.1. The molecule has 5 atom stereocenters. The fourth-order valence-electron chi connectivity index (χ4n) is 8.89. The monoisotopic (exact) mass is 649 g/mol. The van der Waals surface area contributed by atoms with Gasteiger partial charge in [-0.25, -0.2) is 4.39 Å². The van der Waals surface area contributed by atoms with Crippen LogP contribution in [-0.4, -0.2) is 93.8 Å². The van der Waals surface area contributed by atoms with Crippen LogP contribution in [0.2, 0.25) is 0 Å². The van der Waals surface area contributed by atoms with Crippen LogP contribution in [0.25, 0.3) is 22.2 Å². The van der Waals surface area contributed by atoms with E-state index in [-0.39, 0.29) is 36.0 Å². The lowest BCUT2D eigenvalue weighted by atomic mass is 9.95. The number of piperazine rings is 1. The molecular weight excluding hydrogens is 609 g/mol. The number of nitriles is 1. The topological polar surface area (TPSA) is 108 Å². The van der Waals surface area contributed by atoms with E-state index in [4.69, 9.17) is 24.4 Å². The highest BCUT2D eigenvalue weighted by Gasteiger charge is 2.50. The van der Waals surface area contributed by atoms with Gasteiger partial charge in [-0.2, -0.15) is 15.2 Å². The van der Waals surface area contributed by atoms with Crippen LogP contribution in [0.3, 0.4) is 0 Å². The molecule has 0 bridgehead atoms. The molecule has 1 aromatic carbocycles. The number of ether oxygens (including phenoxy) is 2. The van der Waals surface area contributed by atoms with Gasteiger partial charge in [0.05, 0.1) is 35.6 Å². The van der Waals surface area contributed by atoms with Crippen molar-refractivity contribution in [2.24, 2.45) is 5.92 Å². The van der Waals surface area contributed by atoms with Crippen molar-refractivity contribution in [3.8, 4) is 29.1 Å². The molecule has 3 aromatic rings. The van der Waals surface area contributed by atoms with Crippen LogP contribution >= 0.6 is 0 Å². The van der Waals surface area contributed by atoms with E-state index in [0.29, 0.717) is 62.2 Å². The lowest BCUT2D eigenvalue weighted by Crippen LogP contribution is -2.55. The second kappa shape index (κ2) is 11.4. The van der Waals surface area contributed by atoms with E-state index in [9.17, 15) is 14.4 Å². The number of pyridine rings is 1. The summed E-state index contributed by atoms with van der Waals surface area (Å²) in [5.74, 6) is 2.49. The Morgan fingerprint density at radius 1 is 1.21 bits per heavy atom. The molecule has 0 radical (unpaired) electrons. The summed E-state index contributed by atoms with van der Waals surface area (Å²) in [7, 11) is 0. The summed E-state index contributed by atoms with van der Waals surface area (Å²) in [4.78, 5) is 33.9. The Morgan fingerprint density at radius 3 is 2.94 bits per heavy atom. The minimum Gasteiger partial charge on any atom is -0.486 e. The highest BCUT2D eigenvalue weighted by atomic mass is 19.1. The average Bonchev–Trinajstić information content (AvgIpc) is 3.97. The first-order valence-electron chi connectivity index (χ1n) is 17.5. The molecule has 3 aliphatic carbocycles. The number of carbonyl (C=O) groups excluding carboxylic acids is 1. The van der Waals surface area contributed by atoms with E-state index in [2.05, 4.69) is 40.6 Å². The number of aromatic nitrogens is 3. The summed E-state index contributed by atoms with van der Waals surface area (Å²) in [6.45, 7) is 6.63. The molecule has 2 aromatic heterocycles. The summed E-state index contributed by atoms with van der Waals surface area (Å²) in [5, 5.41) is 10.4. The van der Waals surface area contributed by atoms with Gasteiger partial charge in [0, 0.05) is 44.4 Å². The van der Waals surface area contributed by atoms with Gasteiger partial charge in [0.2, 0.25) is 5.91 Å². The predicted molar refractivity (Wildman–Crippen MR) is 178 cm³/mol. The van der Waals surface area contributed by atoms with Gasteiger partial charge in [0.1, 0.15) is 29.8 Å². The van der Waals surface area contributed by atoms with Crippen LogP contribution in [0.5, 0.6) is 11.8 Å². The Hall–Kier alpha value is -4.30. The van der Waals surface area contributed by atoms with Crippen LogP contribution in [0, 0.1) is 17.2 Å². The summed E-state index contributed by atoms with van der Waals surface area (Å²) >= 11 is 0. The third kappa shape index (κ3) is 4.99. The molecule has 3 saturated heterocycles.